The van der Waals surface area contributed by atoms with Crippen molar-refractivity contribution in [1.29, 1.82) is 0 Å². The second kappa shape index (κ2) is 10.4. The molecule has 2 amide bonds. The lowest BCUT2D eigenvalue weighted by Crippen LogP contribution is -2.43. The van der Waals surface area contributed by atoms with E-state index in [0.29, 0.717) is 23.7 Å². The lowest BCUT2D eigenvalue weighted by Gasteiger charge is -2.29. The van der Waals surface area contributed by atoms with E-state index in [-0.39, 0.29) is 41.4 Å². The van der Waals surface area contributed by atoms with Gasteiger partial charge in [0.05, 0.1) is 0 Å². The molecule has 2 aromatic heterocycles. The number of halogens is 2. The number of hydrogen-bond acceptors (Lipinski definition) is 7. The summed E-state index contributed by atoms with van der Waals surface area (Å²) in [6.45, 7) is 9.09. The van der Waals surface area contributed by atoms with Crippen LogP contribution < -0.4 is 16.0 Å². The van der Waals surface area contributed by atoms with Crippen molar-refractivity contribution in [3.63, 3.8) is 0 Å². The van der Waals surface area contributed by atoms with Crippen LogP contribution in [0.25, 0.3) is 10.9 Å². The SMILES string of the molecule is CC(C)Nc1nc(C(F)F)cc2cnc(NC(=O)[C@H]3CCC[C@@H](NC(=O)OC(C)(C)C)C3)nc12. The third-order valence-electron chi connectivity index (χ3n) is 5.24. The minimum absolute atomic E-state index is 0.0618. The van der Waals surface area contributed by atoms with Crippen molar-refractivity contribution in [3.05, 3.63) is 18.0 Å². The van der Waals surface area contributed by atoms with Gasteiger partial charge in [-0.05, 0) is 59.9 Å². The molecule has 1 aliphatic carbocycles. The van der Waals surface area contributed by atoms with Crippen LogP contribution >= 0.6 is 0 Å². The van der Waals surface area contributed by atoms with Gasteiger partial charge in [0.2, 0.25) is 11.9 Å². The fraction of sp³-hybridized carbons (Fsp3) is 0.609. The van der Waals surface area contributed by atoms with Crippen molar-refractivity contribution >= 4 is 34.7 Å². The van der Waals surface area contributed by atoms with E-state index in [4.69, 9.17) is 4.74 Å². The number of aromatic nitrogens is 3. The van der Waals surface area contributed by atoms with Crippen molar-refractivity contribution in [2.24, 2.45) is 5.92 Å². The van der Waals surface area contributed by atoms with Crippen molar-refractivity contribution in [1.82, 2.24) is 20.3 Å². The van der Waals surface area contributed by atoms with Gasteiger partial charge in [0.15, 0.2) is 5.82 Å². The normalized spacial score (nSPS) is 18.7. The Morgan fingerprint density at radius 2 is 1.91 bits per heavy atom. The summed E-state index contributed by atoms with van der Waals surface area (Å²) in [5, 5.41) is 8.98. The molecule has 34 heavy (non-hydrogen) atoms. The van der Waals surface area contributed by atoms with Crippen LogP contribution in [0.1, 0.15) is 72.4 Å². The van der Waals surface area contributed by atoms with Gasteiger partial charge in [-0.3, -0.25) is 10.1 Å². The number of anilines is 2. The Kier molecular flexibility index (Phi) is 7.83. The molecule has 0 spiro atoms. The van der Waals surface area contributed by atoms with Gasteiger partial charge in [0.1, 0.15) is 16.8 Å². The lowest BCUT2D eigenvalue weighted by atomic mass is 9.85. The summed E-state index contributed by atoms with van der Waals surface area (Å²) in [4.78, 5) is 37.5. The molecule has 2 atom stereocenters. The van der Waals surface area contributed by atoms with E-state index in [2.05, 4.69) is 30.9 Å². The van der Waals surface area contributed by atoms with E-state index in [9.17, 15) is 18.4 Å². The molecule has 1 fully saturated rings. The van der Waals surface area contributed by atoms with E-state index in [0.717, 1.165) is 12.8 Å². The number of pyridine rings is 1. The highest BCUT2D eigenvalue weighted by Crippen LogP contribution is 2.28. The molecule has 0 radical (unpaired) electrons. The number of carbonyl (C=O) groups excluding carboxylic acids is 2. The second-order valence-corrected chi connectivity index (χ2v) is 9.82. The van der Waals surface area contributed by atoms with Crippen LogP contribution in [0, 0.1) is 5.92 Å². The smallest absolute Gasteiger partial charge is 0.407 e. The maximum Gasteiger partial charge on any atom is 0.407 e. The van der Waals surface area contributed by atoms with Gasteiger partial charge in [-0.2, -0.15) is 0 Å². The number of hydrogen-bond donors (Lipinski definition) is 3. The number of carbonyl (C=O) groups is 2. The number of ether oxygens (including phenoxy) is 1. The molecule has 3 rings (SSSR count). The van der Waals surface area contributed by atoms with Crippen LogP contribution in [0.3, 0.4) is 0 Å². The van der Waals surface area contributed by atoms with Gasteiger partial charge in [0.25, 0.3) is 6.43 Å². The molecule has 1 saturated carbocycles. The lowest BCUT2D eigenvalue weighted by molar-refractivity contribution is -0.121. The molecule has 2 heterocycles. The monoisotopic (exact) mass is 478 g/mol. The van der Waals surface area contributed by atoms with E-state index >= 15 is 0 Å². The van der Waals surface area contributed by atoms with Crippen molar-refractivity contribution in [3.8, 4) is 0 Å². The number of alkyl carbamates (subject to hydrolysis) is 1. The van der Waals surface area contributed by atoms with Gasteiger partial charge < -0.3 is 15.4 Å². The standard InChI is InChI=1S/C23H32F2N6O3/c1-12(2)27-19-17-14(10-16(29-19)18(24)25)11-26-21(30-17)31-20(32)13-7-6-8-15(9-13)28-22(33)34-23(3,4)5/h10-13,15,18H,6-9H2,1-5H3,(H,27,29)(H,28,33)(H,26,30,31,32)/t13-,15+/m0/s1. The highest BCUT2D eigenvalue weighted by Gasteiger charge is 2.30. The number of nitrogens with one attached hydrogen (secondary N) is 3. The largest absolute Gasteiger partial charge is 0.444 e. The summed E-state index contributed by atoms with van der Waals surface area (Å²) < 4.78 is 31.8. The molecule has 0 aromatic carbocycles. The Morgan fingerprint density at radius 1 is 1.18 bits per heavy atom. The summed E-state index contributed by atoms with van der Waals surface area (Å²) in [5.74, 6) is -0.315. The maximum absolute atomic E-state index is 13.2. The Bertz CT molecular complexity index is 1040. The van der Waals surface area contributed by atoms with E-state index in [1.54, 1.807) is 20.8 Å². The van der Waals surface area contributed by atoms with Crippen LogP contribution in [0.5, 0.6) is 0 Å². The van der Waals surface area contributed by atoms with Gasteiger partial charge in [-0.25, -0.2) is 28.5 Å². The first-order chi connectivity index (χ1) is 15.9. The third kappa shape index (κ3) is 6.94. The van der Waals surface area contributed by atoms with E-state index in [1.807, 2.05) is 13.8 Å². The fourth-order valence-corrected chi connectivity index (χ4v) is 3.85. The zero-order valence-electron chi connectivity index (χ0n) is 20.1. The first-order valence-electron chi connectivity index (χ1n) is 11.4. The molecule has 2 aromatic rings. The molecular formula is C23H32F2N6O3. The van der Waals surface area contributed by atoms with Crippen molar-refractivity contribution in [2.45, 2.75) is 84.4 Å². The Labute approximate surface area is 197 Å². The molecule has 0 aliphatic heterocycles. The van der Waals surface area contributed by atoms with Crippen LogP contribution in [-0.2, 0) is 9.53 Å². The molecule has 0 unspecified atom stereocenters. The van der Waals surface area contributed by atoms with Gasteiger partial charge >= 0.3 is 6.09 Å². The summed E-state index contributed by atoms with van der Waals surface area (Å²) >= 11 is 0. The highest BCUT2D eigenvalue weighted by molar-refractivity contribution is 5.93. The van der Waals surface area contributed by atoms with Crippen LogP contribution in [0.4, 0.5) is 25.3 Å². The average Bonchev–Trinajstić information content (AvgIpc) is 2.72. The molecular weight excluding hydrogens is 446 g/mol. The predicted octanol–water partition coefficient (Wildman–Crippen LogP) is 4.80. The fourth-order valence-electron chi connectivity index (χ4n) is 3.85. The number of amides is 2. The molecule has 186 valence electrons. The Morgan fingerprint density at radius 3 is 2.56 bits per heavy atom. The molecule has 11 heteroatoms. The average molecular weight is 479 g/mol. The summed E-state index contributed by atoms with van der Waals surface area (Å²) in [6.07, 6.45) is 0.841. The molecule has 0 saturated heterocycles. The summed E-state index contributed by atoms with van der Waals surface area (Å²) in [6, 6.07) is 1.01. The molecule has 1 aliphatic rings. The number of alkyl halides is 2. The van der Waals surface area contributed by atoms with E-state index < -0.39 is 18.1 Å². The van der Waals surface area contributed by atoms with Crippen molar-refractivity contribution < 1.29 is 23.1 Å². The predicted molar refractivity (Wildman–Crippen MR) is 125 cm³/mol. The first-order valence-corrected chi connectivity index (χ1v) is 11.4. The topological polar surface area (TPSA) is 118 Å². The van der Waals surface area contributed by atoms with Gasteiger partial charge in [0, 0.05) is 29.6 Å². The van der Waals surface area contributed by atoms with Crippen molar-refractivity contribution in [2.75, 3.05) is 10.6 Å². The second-order valence-electron chi connectivity index (χ2n) is 9.82. The number of fused-ring (bicyclic) bond motifs is 1. The van der Waals surface area contributed by atoms with Crippen LogP contribution in [0.15, 0.2) is 12.3 Å². The maximum atomic E-state index is 13.2. The highest BCUT2D eigenvalue weighted by atomic mass is 19.3. The molecule has 9 nitrogen and oxygen atoms in total. The Balaban J connectivity index is 1.72. The number of rotatable bonds is 6. The van der Waals surface area contributed by atoms with E-state index in [1.165, 1.54) is 12.3 Å². The van der Waals surface area contributed by atoms with Crippen LogP contribution in [-0.4, -0.2) is 44.6 Å². The van der Waals surface area contributed by atoms with Crippen LogP contribution in [0.2, 0.25) is 0 Å². The quantitative estimate of drug-likeness (QED) is 0.545. The third-order valence-corrected chi connectivity index (χ3v) is 5.24. The minimum Gasteiger partial charge on any atom is -0.444 e. The van der Waals surface area contributed by atoms with Gasteiger partial charge in [-0.1, -0.05) is 6.42 Å². The zero-order valence-corrected chi connectivity index (χ0v) is 20.1. The Hall–Kier alpha value is -3.11. The summed E-state index contributed by atoms with van der Waals surface area (Å²) in [7, 11) is 0. The summed E-state index contributed by atoms with van der Waals surface area (Å²) in [5.41, 5.74) is -0.629. The minimum atomic E-state index is -2.73. The van der Waals surface area contributed by atoms with Gasteiger partial charge in [-0.15, -0.1) is 0 Å². The number of nitrogens with zero attached hydrogens (tertiary/aromatic N) is 3. The zero-order chi connectivity index (χ0) is 25.0. The molecule has 0 bridgehead atoms. The molecule has 3 N–H and O–H groups in total. The first kappa shape index (κ1) is 25.5.